The van der Waals surface area contributed by atoms with Crippen molar-refractivity contribution in [1.29, 1.82) is 0 Å². The quantitative estimate of drug-likeness (QED) is 0.332. The number of hydrogen-bond donors (Lipinski definition) is 0. The number of ether oxygens (including phenoxy) is 4. The van der Waals surface area contributed by atoms with Crippen molar-refractivity contribution >= 4 is 23.0 Å². The van der Waals surface area contributed by atoms with E-state index in [1.807, 2.05) is 0 Å². The number of nitrogens with zero attached hydrogens (tertiary/aromatic N) is 3. The topological polar surface area (TPSA) is 57.5 Å². The Labute approximate surface area is 224 Å². The summed E-state index contributed by atoms with van der Waals surface area (Å²) in [6, 6.07) is 10.5. The molecule has 0 spiro atoms. The lowest BCUT2D eigenvalue weighted by Gasteiger charge is -2.35. The molecule has 0 saturated carbocycles. The lowest BCUT2D eigenvalue weighted by molar-refractivity contribution is 0.0624. The molecule has 2 aromatic heterocycles. The van der Waals surface area contributed by atoms with Crippen molar-refractivity contribution in [3.05, 3.63) is 35.9 Å². The summed E-state index contributed by atoms with van der Waals surface area (Å²) in [7, 11) is 3.42. The van der Waals surface area contributed by atoms with Gasteiger partial charge in [0.15, 0.2) is 0 Å². The number of anilines is 1. The minimum atomic E-state index is 0.624. The summed E-state index contributed by atoms with van der Waals surface area (Å²) in [6.07, 6.45) is 6.57. The lowest BCUT2D eigenvalue weighted by Crippen LogP contribution is -2.37. The Balaban J connectivity index is 1.62. The van der Waals surface area contributed by atoms with Crippen molar-refractivity contribution in [2.45, 2.75) is 37.6 Å². The molecule has 3 aromatic rings. The Morgan fingerprint density at radius 2 is 1.51 bits per heavy atom. The van der Waals surface area contributed by atoms with Gasteiger partial charge in [-0.2, -0.15) is 5.10 Å². The van der Waals surface area contributed by atoms with Crippen molar-refractivity contribution in [2.75, 3.05) is 64.9 Å². The van der Waals surface area contributed by atoms with Crippen LogP contribution in [-0.2, 0) is 9.47 Å². The van der Waals surface area contributed by atoms with Crippen LogP contribution in [0.2, 0.25) is 0 Å². The fraction of sp³-hybridized carbons (Fsp3) is 0.552. The van der Waals surface area contributed by atoms with E-state index in [4.69, 9.17) is 24.0 Å². The van der Waals surface area contributed by atoms with Crippen molar-refractivity contribution in [2.24, 2.45) is 11.8 Å². The number of rotatable bonds is 9. The molecule has 8 heteroatoms. The molecule has 5 rings (SSSR count). The zero-order chi connectivity index (χ0) is 25.8. The zero-order valence-electron chi connectivity index (χ0n) is 22.5. The average Bonchev–Trinajstić information content (AvgIpc) is 3.32. The molecule has 2 aliphatic heterocycles. The first-order valence-corrected chi connectivity index (χ1v) is 14.5. The number of aromatic nitrogens is 2. The molecule has 4 heterocycles. The van der Waals surface area contributed by atoms with E-state index < -0.39 is 0 Å². The highest BCUT2D eigenvalue weighted by Gasteiger charge is 2.28. The zero-order valence-corrected chi connectivity index (χ0v) is 23.3. The van der Waals surface area contributed by atoms with Crippen LogP contribution in [0.5, 0.6) is 11.5 Å². The van der Waals surface area contributed by atoms with Crippen molar-refractivity contribution < 1.29 is 18.9 Å². The predicted molar refractivity (Wildman–Crippen MR) is 150 cm³/mol. The normalized spacial score (nSPS) is 17.3. The summed E-state index contributed by atoms with van der Waals surface area (Å²) >= 11 is 1.71. The number of benzene rings is 1. The Morgan fingerprint density at radius 3 is 2.03 bits per heavy atom. The molecule has 37 heavy (non-hydrogen) atoms. The molecule has 0 bridgehead atoms. The monoisotopic (exact) mass is 525 g/mol. The molecule has 0 atom stereocenters. The average molecular weight is 526 g/mol. The van der Waals surface area contributed by atoms with Crippen LogP contribution in [0, 0.1) is 18.8 Å². The van der Waals surface area contributed by atoms with Crippen LogP contribution < -0.4 is 14.4 Å². The Morgan fingerprint density at radius 1 is 0.946 bits per heavy atom. The largest absolute Gasteiger partial charge is 0.496 e. The van der Waals surface area contributed by atoms with Crippen LogP contribution in [0.3, 0.4) is 0 Å². The number of methoxy groups -OCH3 is 2. The SMILES string of the molecule is COc1cc(C)cc(OC)c1-c1cccc2c(N(CC3CCOCC3)CC3CCOCC3)c(SC)nn12. The molecule has 7 nitrogen and oxygen atoms in total. The summed E-state index contributed by atoms with van der Waals surface area (Å²) in [4.78, 5) is 2.62. The van der Waals surface area contributed by atoms with Crippen molar-refractivity contribution in [1.82, 2.24) is 9.61 Å². The molecule has 2 aliphatic rings. The second kappa shape index (κ2) is 12.0. The number of fused-ring (bicyclic) bond motifs is 1. The Hall–Kier alpha value is -2.42. The third-order valence-electron chi connectivity index (χ3n) is 7.66. The van der Waals surface area contributed by atoms with Gasteiger partial charge in [0.05, 0.1) is 36.7 Å². The summed E-state index contributed by atoms with van der Waals surface area (Å²) < 4.78 is 25.1. The maximum atomic E-state index is 5.82. The molecule has 0 radical (unpaired) electrons. The molecular weight excluding hydrogens is 486 g/mol. The standard InChI is InChI=1S/C29H39N3O4S/c1-20-16-25(33-2)27(26(17-20)34-3)23-6-5-7-24-28(29(37-4)30-32(23)24)31(18-21-8-12-35-13-9-21)19-22-10-14-36-15-11-22/h5-7,16-17,21-22H,8-15,18-19H2,1-4H3. The first-order valence-electron chi connectivity index (χ1n) is 13.3. The third-order valence-corrected chi connectivity index (χ3v) is 8.32. The maximum Gasteiger partial charge on any atom is 0.142 e. The number of aryl methyl sites for hydroxylation is 1. The van der Waals surface area contributed by atoms with Crippen LogP contribution in [0.1, 0.15) is 31.2 Å². The minimum Gasteiger partial charge on any atom is -0.496 e. The Bertz CT molecular complexity index is 1160. The van der Waals surface area contributed by atoms with Gasteiger partial charge in [0, 0.05) is 39.5 Å². The van der Waals surface area contributed by atoms with Gasteiger partial charge < -0.3 is 23.8 Å². The van der Waals surface area contributed by atoms with E-state index in [0.717, 1.165) is 104 Å². The van der Waals surface area contributed by atoms with E-state index in [1.54, 1.807) is 26.0 Å². The van der Waals surface area contributed by atoms with E-state index >= 15 is 0 Å². The van der Waals surface area contributed by atoms with E-state index in [9.17, 15) is 0 Å². The van der Waals surface area contributed by atoms with Gasteiger partial charge in [-0.25, -0.2) is 4.52 Å². The summed E-state index contributed by atoms with van der Waals surface area (Å²) in [5.74, 6) is 2.82. The fourth-order valence-electron chi connectivity index (χ4n) is 5.69. The second-order valence-corrected chi connectivity index (χ2v) is 10.9. The van der Waals surface area contributed by atoms with Crippen LogP contribution >= 0.6 is 11.8 Å². The smallest absolute Gasteiger partial charge is 0.142 e. The molecule has 0 amide bonds. The van der Waals surface area contributed by atoms with Gasteiger partial charge in [-0.15, -0.1) is 11.8 Å². The van der Waals surface area contributed by atoms with Gasteiger partial charge in [-0.3, -0.25) is 0 Å². The molecule has 0 unspecified atom stereocenters. The van der Waals surface area contributed by atoms with Crippen LogP contribution in [0.25, 0.3) is 16.8 Å². The highest BCUT2D eigenvalue weighted by atomic mass is 32.2. The van der Waals surface area contributed by atoms with Crippen molar-refractivity contribution in [3.8, 4) is 22.8 Å². The van der Waals surface area contributed by atoms with Gasteiger partial charge in [0.25, 0.3) is 0 Å². The molecule has 0 aliphatic carbocycles. The lowest BCUT2D eigenvalue weighted by atomic mass is 9.96. The van der Waals surface area contributed by atoms with E-state index in [-0.39, 0.29) is 0 Å². The van der Waals surface area contributed by atoms with E-state index in [0.29, 0.717) is 11.8 Å². The van der Waals surface area contributed by atoms with Gasteiger partial charge >= 0.3 is 0 Å². The molecule has 200 valence electrons. The van der Waals surface area contributed by atoms with Gasteiger partial charge in [-0.1, -0.05) is 6.07 Å². The number of pyridine rings is 1. The Kier molecular flexibility index (Phi) is 8.47. The molecule has 2 fully saturated rings. The molecule has 2 saturated heterocycles. The highest BCUT2D eigenvalue weighted by molar-refractivity contribution is 7.98. The maximum absolute atomic E-state index is 5.82. The van der Waals surface area contributed by atoms with Crippen LogP contribution in [0.4, 0.5) is 5.69 Å². The number of hydrogen-bond acceptors (Lipinski definition) is 7. The summed E-state index contributed by atoms with van der Waals surface area (Å²) in [5.41, 5.74) is 5.32. The van der Waals surface area contributed by atoms with Gasteiger partial charge in [-0.05, 0) is 80.5 Å². The van der Waals surface area contributed by atoms with Gasteiger partial charge in [0.1, 0.15) is 16.5 Å². The highest BCUT2D eigenvalue weighted by Crippen LogP contribution is 2.42. The fourth-order valence-corrected chi connectivity index (χ4v) is 6.28. The van der Waals surface area contributed by atoms with Crippen LogP contribution in [-0.4, -0.2) is 69.6 Å². The predicted octanol–water partition coefficient (Wildman–Crippen LogP) is 5.71. The third kappa shape index (κ3) is 5.56. The second-order valence-electron chi connectivity index (χ2n) is 10.1. The minimum absolute atomic E-state index is 0.624. The number of thioether (sulfide) groups is 1. The molecule has 0 N–H and O–H groups in total. The molecular formula is C29H39N3O4S. The van der Waals surface area contributed by atoms with Crippen molar-refractivity contribution in [3.63, 3.8) is 0 Å². The van der Waals surface area contributed by atoms with Crippen LogP contribution in [0.15, 0.2) is 35.4 Å². The van der Waals surface area contributed by atoms with E-state index in [2.05, 4.69) is 52.9 Å². The summed E-state index contributed by atoms with van der Waals surface area (Å²) in [5, 5.41) is 6.22. The first kappa shape index (κ1) is 26.2. The van der Waals surface area contributed by atoms with E-state index in [1.165, 1.54) is 5.69 Å². The summed E-state index contributed by atoms with van der Waals surface area (Å²) in [6.45, 7) is 7.54. The first-order chi connectivity index (χ1) is 18.1. The van der Waals surface area contributed by atoms with Gasteiger partial charge in [0.2, 0.25) is 0 Å². The molecule has 1 aromatic carbocycles.